The largest absolute Gasteiger partial charge is 0.453 e. The maximum absolute atomic E-state index is 12.2. The quantitative estimate of drug-likeness (QED) is 0.807. The number of fused-ring (bicyclic) bond motifs is 1. The van der Waals surface area contributed by atoms with E-state index in [-0.39, 0.29) is 35.7 Å². The number of methoxy groups -OCH3 is 1. The number of rotatable bonds is 5. The number of nitrogens with one attached hydrogen (secondary N) is 1. The highest BCUT2D eigenvalue weighted by atomic mass is 35.5. The summed E-state index contributed by atoms with van der Waals surface area (Å²) >= 11 is 5.93. The minimum absolute atomic E-state index is 0.00191. The maximum atomic E-state index is 12.2. The Labute approximate surface area is 171 Å². The molecule has 1 aliphatic heterocycles. The molecule has 2 heterocycles. The third kappa shape index (κ3) is 3.48. The number of carbonyl (C=O) groups is 1. The lowest BCUT2D eigenvalue weighted by Crippen LogP contribution is -2.48. The zero-order valence-corrected chi connectivity index (χ0v) is 17.5. The summed E-state index contributed by atoms with van der Waals surface area (Å²) in [6, 6.07) is 0.362. The maximum Gasteiger partial charge on any atom is 0.410 e. The van der Waals surface area contributed by atoms with Gasteiger partial charge in [-0.3, -0.25) is 4.90 Å². The number of likely N-dealkylation sites (N-methyl/N-ethyl adjacent to an activating group) is 1. The first-order chi connectivity index (χ1) is 13.5. The van der Waals surface area contributed by atoms with Crippen LogP contribution in [0, 0.1) is 5.92 Å². The average molecular weight is 409 g/mol. The summed E-state index contributed by atoms with van der Waals surface area (Å²) in [4.78, 5) is 23.0. The van der Waals surface area contributed by atoms with Gasteiger partial charge in [0.05, 0.1) is 30.9 Å². The highest BCUT2D eigenvalue weighted by Gasteiger charge is 2.60. The Kier molecular flexibility index (Phi) is 5.51. The van der Waals surface area contributed by atoms with Crippen LogP contribution in [0.25, 0.3) is 0 Å². The highest BCUT2D eigenvalue weighted by Crippen LogP contribution is 2.61. The first kappa shape index (κ1) is 19.9. The van der Waals surface area contributed by atoms with E-state index in [0.717, 1.165) is 37.9 Å². The van der Waals surface area contributed by atoms with Crippen LogP contribution in [0.15, 0.2) is 12.4 Å². The van der Waals surface area contributed by atoms with Crippen molar-refractivity contribution in [3.05, 3.63) is 23.2 Å². The molecule has 1 N–H and O–H groups in total. The summed E-state index contributed by atoms with van der Waals surface area (Å²) in [6.45, 7) is 2.60. The van der Waals surface area contributed by atoms with Crippen LogP contribution in [0.2, 0.25) is 5.02 Å². The second kappa shape index (κ2) is 7.76. The first-order valence-electron chi connectivity index (χ1n) is 10.1. The second-order valence-electron chi connectivity index (χ2n) is 8.44. The lowest BCUT2D eigenvalue weighted by Gasteiger charge is -2.32. The van der Waals surface area contributed by atoms with Gasteiger partial charge in [0.2, 0.25) is 0 Å². The summed E-state index contributed by atoms with van der Waals surface area (Å²) in [6.07, 6.45) is 8.43. The van der Waals surface area contributed by atoms with Crippen molar-refractivity contribution in [3.8, 4) is 0 Å². The molecule has 0 spiro atoms. The molecule has 3 aliphatic rings. The lowest BCUT2D eigenvalue weighted by molar-refractivity contribution is -0.0109. The summed E-state index contributed by atoms with van der Waals surface area (Å²) in [7, 11) is 3.38. The molecule has 154 valence electrons. The highest BCUT2D eigenvalue weighted by molar-refractivity contribution is 6.30. The van der Waals surface area contributed by atoms with Crippen molar-refractivity contribution in [2.24, 2.45) is 5.92 Å². The SMILES string of the molecule is CNC1CC(C)N(C(=O)OC)C1COC1CCC2(c3ncc(Cl)cn3)CC2C1. The Morgan fingerprint density at radius 1 is 1.39 bits per heavy atom. The molecule has 8 heteroatoms. The third-order valence-electron chi connectivity index (χ3n) is 6.91. The Balaban J connectivity index is 1.35. The van der Waals surface area contributed by atoms with E-state index in [0.29, 0.717) is 17.5 Å². The topological polar surface area (TPSA) is 76.6 Å². The number of halogens is 1. The van der Waals surface area contributed by atoms with Crippen molar-refractivity contribution in [3.63, 3.8) is 0 Å². The Morgan fingerprint density at radius 2 is 2.14 bits per heavy atom. The van der Waals surface area contributed by atoms with Crippen molar-refractivity contribution in [1.82, 2.24) is 20.2 Å². The van der Waals surface area contributed by atoms with Crippen molar-refractivity contribution in [1.29, 1.82) is 0 Å². The van der Waals surface area contributed by atoms with Gasteiger partial charge in [0, 0.05) is 29.9 Å². The smallest absolute Gasteiger partial charge is 0.410 e. The number of carbonyl (C=O) groups excluding carboxylic acids is 1. The molecule has 6 unspecified atom stereocenters. The standard InChI is InChI=1S/C20H29ClN4O3/c1-12-6-16(22-2)17(25(12)19(26)27-3)11-28-15-4-5-20(8-13(20)7-15)18-23-9-14(21)10-24-18/h9-10,12-13,15-17,22H,4-8,11H2,1-3H3. The molecule has 0 radical (unpaired) electrons. The summed E-state index contributed by atoms with van der Waals surface area (Å²) < 4.78 is 11.3. The van der Waals surface area contributed by atoms with Gasteiger partial charge in [-0.15, -0.1) is 0 Å². The van der Waals surface area contributed by atoms with Crippen molar-refractivity contribution < 1.29 is 14.3 Å². The molecule has 0 aromatic carbocycles. The Bertz CT molecular complexity index is 718. The van der Waals surface area contributed by atoms with E-state index in [4.69, 9.17) is 21.1 Å². The number of hydrogen-bond donors (Lipinski definition) is 1. The number of nitrogens with zero attached hydrogens (tertiary/aromatic N) is 3. The van der Waals surface area contributed by atoms with E-state index in [2.05, 4.69) is 22.2 Å². The Morgan fingerprint density at radius 3 is 2.79 bits per heavy atom. The molecular formula is C20H29ClN4O3. The molecular weight excluding hydrogens is 380 g/mol. The van der Waals surface area contributed by atoms with E-state index < -0.39 is 0 Å². The zero-order valence-electron chi connectivity index (χ0n) is 16.7. The van der Waals surface area contributed by atoms with E-state index in [9.17, 15) is 4.79 Å². The number of aromatic nitrogens is 2. The van der Waals surface area contributed by atoms with Crippen molar-refractivity contribution in [2.75, 3.05) is 20.8 Å². The van der Waals surface area contributed by atoms with Crippen LogP contribution < -0.4 is 5.32 Å². The minimum atomic E-state index is -0.274. The van der Waals surface area contributed by atoms with E-state index in [1.807, 2.05) is 11.9 Å². The monoisotopic (exact) mass is 408 g/mol. The summed E-state index contributed by atoms with van der Waals surface area (Å²) in [5, 5.41) is 3.91. The number of likely N-dealkylation sites (tertiary alicyclic amines) is 1. The molecule has 6 atom stereocenters. The molecule has 28 heavy (non-hydrogen) atoms. The van der Waals surface area contributed by atoms with Crippen LogP contribution in [0.4, 0.5) is 4.79 Å². The average Bonchev–Trinajstić information content (AvgIpc) is 3.35. The van der Waals surface area contributed by atoms with Gasteiger partial charge in [0.1, 0.15) is 5.82 Å². The van der Waals surface area contributed by atoms with Crippen molar-refractivity contribution >= 4 is 17.7 Å². The molecule has 1 aromatic rings. The number of hydrogen-bond acceptors (Lipinski definition) is 6. The van der Waals surface area contributed by atoms with E-state index >= 15 is 0 Å². The summed E-state index contributed by atoms with van der Waals surface area (Å²) in [5.41, 5.74) is 0.123. The van der Waals surface area contributed by atoms with Crippen LogP contribution in [-0.2, 0) is 14.9 Å². The molecule has 1 amide bonds. The van der Waals surface area contributed by atoms with E-state index in [1.165, 1.54) is 7.11 Å². The van der Waals surface area contributed by atoms with Crippen LogP contribution in [-0.4, -0.2) is 66.0 Å². The van der Waals surface area contributed by atoms with Gasteiger partial charge in [-0.25, -0.2) is 14.8 Å². The molecule has 1 aromatic heterocycles. The number of ether oxygens (including phenoxy) is 2. The second-order valence-corrected chi connectivity index (χ2v) is 8.87. The van der Waals surface area contributed by atoms with Crippen LogP contribution >= 0.6 is 11.6 Å². The van der Waals surface area contributed by atoms with Crippen LogP contribution in [0.3, 0.4) is 0 Å². The van der Waals surface area contributed by atoms with Crippen LogP contribution in [0.5, 0.6) is 0 Å². The van der Waals surface area contributed by atoms with Gasteiger partial charge >= 0.3 is 6.09 Å². The molecule has 2 saturated carbocycles. The molecule has 4 rings (SSSR count). The third-order valence-corrected chi connectivity index (χ3v) is 7.10. The number of amides is 1. The van der Waals surface area contributed by atoms with E-state index in [1.54, 1.807) is 12.4 Å². The fourth-order valence-electron chi connectivity index (χ4n) is 5.28. The molecule has 0 bridgehead atoms. The van der Waals surface area contributed by atoms with Gasteiger partial charge in [-0.2, -0.15) is 0 Å². The fourth-order valence-corrected chi connectivity index (χ4v) is 5.37. The predicted octanol–water partition coefficient (Wildman–Crippen LogP) is 2.77. The lowest BCUT2D eigenvalue weighted by atomic mass is 9.86. The first-order valence-corrected chi connectivity index (χ1v) is 10.5. The fraction of sp³-hybridized carbons (Fsp3) is 0.750. The van der Waals surface area contributed by atoms with Gasteiger partial charge < -0.3 is 14.8 Å². The van der Waals surface area contributed by atoms with Crippen molar-refractivity contribution in [2.45, 2.75) is 68.7 Å². The van der Waals surface area contributed by atoms with Crippen LogP contribution in [0.1, 0.15) is 44.9 Å². The molecule has 7 nitrogen and oxygen atoms in total. The minimum Gasteiger partial charge on any atom is -0.453 e. The van der Waals surface area contributed by atoms with Gasteiger partial charge in [0.15, 0.2) is 0 Å². The molecule has 3 fully saturated rings. The summed E-state index contributed by atoms with van der Waals surface area (Å²) in [5.74, 6) is 1.50. The molecule has 2 aliphatic carbocycles. The predicted molar refractivity (Wildman–Crippen MR) is 105 cm³/mol. The molecule has 1 saturated heterocycles. The van der Waals surface area contributed by atoms with Gasteiger partial charge in [0.25, 0.3) is 0 Å². The Hall–Kier alpha value is -1.44. The normalized spacial score (nSPS) is 36.9. The van der Waals surface area contributed by atoms with Gasteiger partial charge in [-0.05, 0) is 52.0 Å². The zero-order chi connectivity index (χ0) is 19.9. The van der Waals surface area contributed by atoms with Gasteiger partial charge in [-0.1, -0.05) is 11.6 Å².